The molecule has 0 aromatic heterocycles. The maximum Gasteiger partial charge on any atom is 0 e. The van der Waals surface area contributed by atoms with Gasteiger partial charge >= 0.3 is 0 Å². The van der Waals surface area contributed by atoms with Crippen molar-refractivity contribution in [2.45, 2.75) is 46.0 Å². The van der Waals surface area contributed by atoms with Crippen LogP contribution in [0, 0.1) is 24.7 Å². The van der Waals surface area contributed by atoms with E-state index in [2.05, 4.69) is 27.7 Å². The first-order valence-electron chi connectivity index (χ1n) is 4.62. The molecule has 0 aromatic rings. The van der Waals surface area contributed by atoms with Crippen LogP contribution in [0.25, 0.3) is 0 Å². The van der Waals surface area contributed by atoms with Crippen LogP contribution in [-0.4, -0.2) is 0 Å². The van der Waals surface area contributed by atoms with Crippen molar-refractivity contribution in [2.75, 3.05) is 0 Å². The van der Waals surface area contributed by atoms with Crippen molar-refractivity contribution in [1.82, 2.24) is 0 Å². The maximum absolute atomic E-state index is 4.31. The van der Waals surface area contributed by atoms with Crippen LogP contribution in [0.4, 0.5) is 0 Å². The van der Waals surface area contributed by atoms with Gasteiger partial charge in [-0.15, -0.1) is 6.42 Å². The summed E-state index contributed by atoms with van der Waals surface area (Å²) in [6.07, 6.45) is 6.18. The van der Waals surface area contributed by atoms with Crippen molar-refractivity contribution < 1.29 is 32.7 Å². The molecule has 0 N–H and O–H groups in total. The second-order valence-electron chi connectivity index (χ2n) is 4.94. The molecule has 0 spiro atoms. The quantitative estimate of drug-likeness (QED) is 0.647. The third kappa shape index (κ3) is 3.46. The van der Waals surface area contributed by atoms with E-state index >= 15 is 0 Å². The fourth-order valence-electron chi connectivity index (χ4n) is 2.38. The average molecular weight is 241 g/mol. The summed E-state index contributed by atoms with van der Waals surface area (Å²) in [6, 6.07) is 0. The molecule has 1 heteroatoms. The van der Waals surface area contributed by atoms with Crippen molar-refractivity contribution in [3.63, 3.8) is 0 Å². The number of hydrogen-bond acceptors (Lipinski definition) is 0. The molecule has 0 bridgehead atoms. The molecular weight excluding hydrogens is 221 g/mol. The Morgan fingerprint density at radius 3 is 2.17 bits per heavy atom. The van der Waals surface area contributed by atoms with Gasteiger partial charge < -0.3 is 13.8 Å². The first kappa shape index (κ1) is 13.1. The van der Waals surface area contributed by atoms with E-state index in [-0.39, 0.29) is 32.7 Å². The summed E-state index contributed by atoms with van der Waals surface area (Å²) in [5, 5.41) is 0. The Kier molecular flexibility index (Phi) is 4.97. The first-order valence-corrected chi connectivity index (χ1v) is 4.62. The van der Waals surface area contributed by atoms with Crippen molar-refractivity contribution in [3.05, 3.63) is 13.8 Å². The normalized spacial score (nSPS) is 33.0. The largest absolute Gasteiger partial charge is 0.343 e. The van der Waals surface area contributed by atoms with Gasteiger partial charge in [0.05, 0.1) is 0 Å². The minimum Gasteiger partial charge on any atom is -0.343 e. The van der Waals surface area contributed by atoms with E-state index in [0.29, 0.717) is 10.8 Å². The third-order valence-electron chi connectivity index (χ3n) is 2.89. The van der Waals surface area contributed by atoms with Gasteiger partial charge in [0.15, 0.2) is 0 Å². The SMILES string of the molecule is [CH2-]CCC1([CH2-])CCC(C)(C)C1.[Y]. The molecule has 0 aliphatic heterocycles. The summed E-state index contributed by atoms with van der Waals surface area (Å²) in [4.78, 5) is 0. The molecule has 1 aliphatic rings. The van der Waals surface area contributed by atoms with Gasteiger partial charge in [0, 0.05) is 32.7 Å². The second-order valence-corrected chi connectivity index (χ2v) is 4.94. The predicted octanol–water partition coefficient (Wildman–Crippen LogP) is 3.63. The van der Waals surface area contributed by atoms with Gasteiger partial charge in [0.25, 0.3) is 0 Å². The molecule has 1 unspecified atom stereocenters. The van der Waals surface area contributed by atoms with E-state index in [1.54, 1.807) is 0 Å². The van der Waals surface area contributed by atoms with Crippen LogP contribution in [0.15, 0.2) is 0 Å². The van der Waals surface area contributed by atoms with E-state index in [1.165, 1.54) is 25.7 Å². The molecule has 1 aliphatic carbocycles. The smallest absolute Gasteiger partial charge is 0 e. The Morgan fingerprint density at radius 1 is 1.25 bits per heavy atom. The zero-order valence-electron chi connectivity index (χ0n) is 8.53. The van der Waals surface area contributed by atoms with Gasteiger partial charge in [-0.25, -0.2) is 0 Å². The minimum atomic E-state index is 0. The molecular formula is C11H20Y-2. The van der Waals surface area contributed by atoms with Gasteiger partial charge in [0.1, 0.15) is 0 Å². The molecule has 0 nitrogen and oxygen atoms in total. The Hall–Kier alpha value is 1.10. The summed E-state index contributed by atoms with van der Waals surface area (Å²) >= 11 is 0. The van der Waals surface area contributed by atoms with Crippen LogP contribution in [0.2, 0.25) is 0 Å². The molecule has 1 saturated carbocycles. The molecule has 1 rings (SSSR count). The monoisotopic (exact) mass is 241 g/mol. The standard InChI is InChI=1S/C11H20.Y/c1-5-6-11(4)8-7-10(2,3)9-11;/h1,4-9H2,2-3H3;/q-2;. The third-order valence-corrected chi connectivity index (χ3v) is 2.89. The Morgan fingerprint density at radius 2 is 1.83 bits per heavy atom. The van der Waals surface area contributed by atoms with Crippen LogP contribution >= 0.6 is 0 Å². The number of hydrogen-bond donors (Lipinski definition) is 0. The molecule has 0 amide bonds. The summed E-state index contributed by atoms with van der Waals surface area (Å²) in [5.41, 5.74) is 0.905. The first-order chi connectivity index (χ1) is 4.97. The van der Waals surface area contributed by atoms with Crippen molar-refractivity contribution in [1.29, 1.82) is 0 Å². The molecule has 12 heavy (non-hydrogen) atoms. The Bertz CT molecular complexity index is 140. The molecule has 69 valence electrons. The van der Waals surface area contributed by atoms with Crippen LogP contribution < -0.4 is 0 Å². The van der Waals surface area contributed by atoms with E-state index < -0.39 is 0 Å². The van der Waals surface area contributed by atoms with Crippen LogP contribution in [-0.2, 0) is 32.7 Å². The summed E-state index contributed by atoms with van der Waals surface area (Å²) < 4.78 is 0. The molecule has 0 aromatic carbocycles. The second kappa shape index (κ2) is 4.55. The fraction of sp³-hybridized carbons (Fsp3) is 0.818. The predicted molar refractivity (Wildman–Crippen MR) is 50.0 cm³/mol. The minimum absolute atomic E-state index is 0. The van der Waals surface area contributed by atoms with Gasteiger partial charge in [-0.3, -0.25) is 0 Å². The van der Waals surface area contributed by atoms with E-state index in [0.717, 1.165) is 6.42 Å². The van der Waals surface area contributed by atoms with E-state index in [4.69, 9.17) is 0 Å². The molecule has 0 heterocycles. The van der Waals surface area contributed by atoms with Crippen molar-refractivity contribution in [3.8, 4) is 0 Å². The van der Waals surface area contributed by atoms with Crippen LogP contribution in [0.5, 0.6) is 0 Å². The molecule has 1 atom stereocenters. The van der Waals surface area contributed by atoms with Gasteiger partial charge in [-0.1, -0.05) is 33.1 Å². The van der Waals surface area contributed by atoms with E-state index in [1.807, 2.05) is 0 Å². The summed E-state index contributed by atoms with van der Waals surface area (Å²) in [7, 11) is 0. The molecule has 0 saturated heterocycles. The Balaban J connectivity index is 0.00000121. The number of rotatable bonds is 2. The fourth-order valence-corrected chi connectivity index (χ4v) is 2.38. The van der Waals surface area contributed by atoms with Gasteiger partial charge in [-0.2, -0.15) is 11.8 Å². The van der Waals surface area contributed by atoms with Crippen molar-refractivity contribution in [2.24, 2.45) is 10.8 Å². The molecule has 1 fully saturated rings. The van der Waals surface area contributed by atoms with Crippen molar-refractivity contribution >= 4 is 0 Å². The zero-order chi connectivity index (χ0) is 8.54. The van der Waals surface area contributed by atoms with Crippen LogP contribution in [0.1, 0.15) is 46.0 Å². The maximum atomic E-state index is 4.31. The van der Waals surface area contributed by atoms with Gasteiger partial charge in [-0.05, 0) is 5.41 Å². The van der Waals surface area contributed by atoms with E-state index in [9.17, 15) is 0 Å². The Labute approximate surface area is 103 Å². The van der Waals surface area contributed by atoms with Crippen LogP contribution in [0.3, 0.4) is 0 Å². The van der Waals surface area contributed by atoms with Gasteiger partial charge in [0.2, 0.25) is 0 Å². The average Bonchev–Trinajstić information content (AvgIpc) is 2.07. The zero-order valence-corrected chi connectivity index (χ0v) is 11.4. The molecule has 1 radical (unpaired) electrons. The summed E-state index contributed by atoms with van der Waals surface area (Å²) in [5.74, 6) is 0. The summed E-state index contributed by atoms with van der Waals surface area (Å²) in [6.45, 7) is 12.9. The topological polar surface area (TPSA) is 0 Å².